The van der Waals surface area contributed by atoms with Gasteiger partial charge in [0.1, 0.15) is 0 Å². The van der Waals surface area contributed by atoms with Crippen molar-refractivity contribution in [3.8, 4) is 0 Å². The van der Waals surface area contributed by atoms with Gasteiger partial charge in [-0.3, -0.25) is 0 Å². The van der Waals surface area contributed by atoms with Crippen LogP contribution in [0.5, 0.6) is 0 Å². The predicted molar refractivity (Wildman–Crippen MR) is 83.5 cm³/mol. The molecule has 2 rings (SSSR count). The Morgan fingerprint density at radius 2 is 2.05 bits per heavy atom. The second-order valence-electron chi connectivity index (χ2n) is 7.04. The third-order valence-corrected chi connectivity index (χ3v) is 5.36. The third kappa shape index (κ3) is 4.46. The molecule has 0 aromatic rings. The van der Waals surface area contributed by atoms with Crippen LogP contribution in [0.2, 0.25) is 0 Å². The minimum Gasteiger partial charge on any atom is -0.316 e. The second kappa shape index (κ2) is 7.64. The lowest BCUT2D eigenvalue weighted by Gasteiger charge is -2.46. The van der Waals surface area contributed by atoms with E-state index in [1.54, 1.807) is 0 Å². The van der Waals surface area contributed by atoms with Crippen LogP contribution in [-0.4, -0.2) is 37.6 Å². The zero-order valence-corrected chi connectivity index (χ0v) is 13.2. The van der Waals surface area contributed by atoms with E-state index in [0.29, 0.717) is 5.41 Å². The molecule has 1 spiro atoms. The van der Waals surface area contributed by atoms with Gasteiger partial charge in [0, 0.05) is 19.6 Å². The van der Waals surface area contributed by atoms with Crippen molar-refractivity contribution >= 4 is 0 Å². The molecule has 2 heterocycles. The Labute approximate surface area is 120 Å². The van der Waals surface area contributed by atoms with Gasteiger partial charge in [0.05, 0.1) is 0 Å². The number of nitrogens with zero attached hydrogens (tertiary/aromatic N) is 1. The first-order chi connectivity index (χ1) is 9.28. The summed E-state index contributed by atoms with van der Waals surface area (Å²) in [4.78, 5) is 2.79. The molecule has 0 saturated carbocycles. The molecule has 2 aliphatic heterocycles. The molecule has 2 saturated heterocycles. The molecule has 2 fully saturated rings. The smallest absolute Gasteiger partial charge is 0.00503 e. The fraction of sp³-hybridized carbons (Fsp3) is 1.00. The first-order valence-corrected chi connectivity index (χ1v) is 8.71. The van der Waals surface area contributed by atoms with Gasteiger partial charge in [-0.15, -0.1) is 0 Å². The molecule has 1 N–H and O–H groups in total. The lowest BCUT2D eigenvalue weighted by molar-refractivity contribution is 0.0532. The maximum absolute atomic E-state index is 3.64. The molecular weight excluding hydrogens is 232 g/mol. The third-order valence-electron chi connectivity index (χ3n) is 5.36. The molecule has 0 amide bonds. The summed E-state index contributed by atoms with van der Waals surface area (Å²) in [7, 11) is 0. The molecule has 2 nitrogen and oxygen atoms in total. The van der Waals surface area contributed by atoms with Crippen LogP contribution in [0.3, 0.4) is 0 Å². The van der Waals surface area contributed by atoms with E-state index in [9.17, 15) is 0 Å². The SMILES string of the molecule is CCCCC(CC)CN1CCCC2(CCCNC2)C1. The van der Waals surface area contributed by atoms with Crippen molar-refractivity contribution in [2.75, 3.05) is 32.7 Å². The molecule has 2 atom stereocenters. The van der Waals surface area contributed by atoms with Crippen LogP contribution in [-0.2, 0) is 0 Å². The van der Waals surface area contributed by atoms with E-state index in [-0.39, 0.29) is 0 Å². The van der Waals surface area contributed by atoms with Gasteiger partial charge in [0.2, 0.25) is 0 Å². The Bertz CT molecular complexity index is 240. The molecule has 19 heavy (non-hydrogen) atoms. The number of hydrogen-bond donors (Lipinski definition) is 1. The molecule has 2 unspecified atom stereocenters. The predicted octanol–water partition coefficient (Wildman–Crippen LogP) is 3.67. The highest BCUT2D eigenvalue weighted by atomic mass is 15.1. The van der Waals surface area contributed by atoms with Gasteiger partial charge in [-0.1, -0.05) is 33.1 Å². The van der Waals surface area contributed by atoms with Gasteiger partial charge in [0.25, 0.3) is 0 Å². The van der Waals surface area contributed by atoms with E-state index in [1.807, 2.05) is 0 Å². The van der Waals surface area contributed by atoms with E-state index in [2.05, 4.69) is 24.1 Å². The van der Waals surface area contributed by atoms with E-state index >= 15 is 0 Å². The molecule has 0 aromatic carbocycles. The Kier molecular flexibility index (Phi) is 6.15. The van der Waals surface area contributed by atoms with Crippen LogP contribution in [0.15, 0.2) is 0 Å². The highest BCUT2D eigenvalue weighted by molar-refractivity contribution is 4.91. The van der Waals surface area contributed by atoms with Crippen molar-refractivity contribution in [1.82, 2.24) is 10.2 Å². The van der Waals surface area contributed by atoms with E-state index in [0.717, 1.165) is 5.92 Å². The average molecular weight is 266 g/mol. The average Bonchev–Trinajstić information content (AvgIpc) is 2.44. The van der Waals surface area contributed by atoms with Crippen molar-refractivity contribution in [1.29, 1.82) is 0 Å². The van der Waals surface area contributed by atoms with E-state index in [4.69, 9.17) is 0 Å². The molecule has 0 radical (unpaired) electrons. The maximum atomic E-state index is 3.64. The fourth-order valence-corrected chi connectivity index (χ4v) is 4.13. The van der Waals surface area contributed by atoms with Crippen LogP contribution < -0.4 is 5.32 Å². The number of likely N-dealkylation sites (tertiary alicyclic amines) is 1. The second-order valence-corrected chi connectivity index (χ2v) is 7.04. The van der Waals surface area contributed by atoms with Crippen LogP contribution in [0.1, 0.15) is 65.2 Å². The summed E-state index contributed by atoms with van der Waals surface area (Å²) in [5, 5.41) is 3.64. The zero-order valence-electron chi connectivity index (χ0n) is 13.2. The molecular formula is C17H34N2. The van der Waals surface area contributed by atoms with Gasteiger partial charge in [-0.25, -0.2) is 0 Å². The number of unbranched alkanes of at least 4 members (excludes halogenated alkanes) is 1. The van der Waals surface area contributed by atoms with Crippen molar-refractivity contribution in [3.05, 3.63) is 0 Å². The summed E-state index contributed by atoms with van der Waals surface area (Å²) in [5.41, 5.74) is 0.625. The first kappa shape index (κ1) is 15.3. The Morgan fingerprint density at radius 3 is 2.74 bits per heavy atom. The summed E-state index contributed by atoms with van der Waals surface area (Å²) in [6.45, 7) is 11.3. The van der Waals surface area contributed by atoms with Gasteiger partial charge < -0.3 is 10.2 Å². The van der Waals surface area contributed by atoms with E-state index in [1.165, 1.54) is 84.1 Å². The van der Waals surface area contributed by atoms with Gasteiger partial charge in [0.15, 0.2) is 0 Å². The lowest BCUT2D eigenvalue weighted by Crippen LogP contribution is -2.51. The molecule has 0 aliphatic carbocycles. The summed E-state index contributed by atoms with van der Waals surface area (Å²) >= 11 is 0. The van der Waals surface area contributed by atoms with E-state index < -0.39 is 0 Å². The minimum absolute atomic E-state index is 0.625. The summed E-state index contributed by atoms with van der Waals surface area (Å²) in [6.07, 6.45) is 11.3. The van der Waals surface area contributed by atoms with Gasteiger partial charge in [-0.05, 0) is 56.5 Å². The number of hydrogen-bond acceptors (Lipinski definition) is 2. The highest BCUT2D eigenvalue weighted by Crippen LogP contribution is 2.36. The molecule has 0 aromatic heterocycles. The minimum atomic E-state index is 0.625. The number of rotatable bonds is 6. The topological polar surface area (TPSA) is 15.3 Å². The molecule has 0 bridgehead atoms. The normalized spacial score (nSPS) is 30.6. The number of piperidine rings is 2. The quantitative estimate of drug-likeness (QED) is 0.789. The maximum Gasteiger partial charge on any atom is 0.00503 e. The summed E-state index contributed by atoms with van der Waals surface area (Å²) in [6, 6.07) is 0. The van der Waals surface area contributed by atoms with Crippen LogP contribution in [0, 0.1) is 11.3 Å². The summed E-state index contributed by atoms with van der Waals surface area (Å²) < 4.78 is 0. The Hall–Kier alpha value is -0.0800. The Morgan fingerprint density at radius 1 is 1.21 bits per heavy atom. The highest BCUT2D eigenvalue weighted by Gasteiger charge is 2.36. The van der Waals surface area contributed by atoms with Crippen LogP contribution >= 0.6 is 0 Å². The van der Waals surface area contributed by atoms with Gasteiger partial charge in [-0.2, -0.15) is 0 Å². The largest absolute Gasteiger partial charge is 0.316 e. The monoisotopic (exact) mass is 266 g/mol. The standard InChI is InChI=1S/C17H34N2/c1-3-5-8-16(4-2)13-19-12-7-10-17(15-19)9-6-11-18-14-17/h16,18H,3-15H2,1-2H3. The first-order valence-electron chi connectivity index (χ1n) is 8.71. The Balaban J connectivity index is 1.82. The van der Waals surface area contributed by atoms with Crippen molar-refractivity contribution in [2.45, 2.75) is 65.2 Å². The molecule has 112 valence electrons. The number of nitrogens with one attached hydrogen (secondary N) is 1. The van der Waals surface area contributed by atoms with Crippen molar-refractivity contribution < 1.29 is 0 Å². The van der Waals surface area contributed by atoms with Crippen LogP contribution in [0.25, 0.3) is 0 Å². The molecule has 2 aliphatic rings. The van der Waals surface area contributed by atoms with Crippen molar-refractivity contribution in [3.63, 3.8) is 0 Å². The van der Waals surface area contributed by atoms with Crippen molar-refractivity contribution in [2.24, 2.45) is 11.3 Å². The van der Waals surface area contributed by atoms with Crippen LogP contribution in [0.4, 0.5) is 0 Å². The lowest BCUT2D eigenvalue weighted by atomic mass is 9.74. The summed E-state index contributed by atoms with van der Waals surface area (Å²) in [5.74, 6) is 0.937. The molecule has 2 heteroatoms. The fourth-order valence-electron chi connectivity index (χ4n) is 4.13. The zero-order chi connectivity index (χ0) is 13.6. The van der Waals surface area contributed by atoms with Gasteiger partial charge >= 0.3 is 0 Å².